The number of benzene rings is 1. The van der Waals surface area contributed by atoms with Crippen LogP contribution in [0.2, 0.25) is 0 Å². The van der Waals surface area contributed by atoms with Crippen LogP contribution in [-0.2, 0) is 9.47 Å². The van der Waals surface area contributed by atoms with Gasteiger partial charge in [0.25, 0.3) is 0 Å². The molecule has 1 rings (SSSR count). The number of hydrogen-bond acceptors (Lipinski definition) is 3. The SMILES string of the molecule is CCOCC(C)OC(C)C(O)c1ccccc1. The van der Waals surface area contributed by atoms with E-state index in [4.69, 9.17) is 9.47 Å². The normalized spacial score (nSPS) is 16.5. The van der Waals surface area contributed by atoms with Gasteiger partial charge in [-0.1, -0.05) is 30.3 Å². The first-order valence-electron chi connectivity index (χ1n) is 6.11. The van der Waals surface area contributed by atoms with Crippen LogP contribution in [0.5, 0.6) is 0 Å². The Bertz CT molecular complexity index is 300. The molecule has 1 aromatic carbocycles. The fourth-order valence-electron chi connectivity index (χ4n) is 1.69. The summed E-state index contributed by atoms with van der Waals surface area (Å²) in [6, 6.07) is 9.55. The number of hydrogen-bond donors (Lipinski definition) is 1. The van der Waals surface area contributed by atoms with Crippen LogP contribution < -0.4 is 0 Å². The monoisotopic (exact) mass is 238 g/mol. The van der Waals surface area contributed by atoms with E-state index in [2.05, 4.69) is 0 Å². The molecular formula is C14H22O3. The quantitative estimate of drug-likeness (QED) is 0.793. The van der Waals surface area contributed by atoms with Crippen molar-refractivity contribution in [3.8, 4) is 0 Å². The standard InChI is InChI=1S/C14H22O3/c1-4-16-10-11(2)17-12(3)14(15)13-8-6-5-7-9-13/h5-9,11-12,14-15H,4,10H2,1-3H3. The summed E-state index contributed by atoms with van der Waals surface area (Å²) in [4.78, 5) is 0. The van der Waals surface area contributed by atoms with Crippen molar-refractivity contribution in [2.45, 2.75) is 39.1 Å². The lowest BCUT2D eigenvalue weighted by molar-refractivity contribution is -0.0866. The van der Waals surface area contributed by atoms with Crippen molar-refractivity contribution in [1.29, 1.82) is 0 Å². The minimum Gasteiger partial charge on any atom is -0.386 e. The minimum absolute atomic E-state index is 0.0108. The van der Waals surface area contributed by atoms with Crippen molar-refractivity contribution >= 4 is 0 Å². The van der Waals surface area contributed by atoms with Crippen molar-refractivity contribution in [1.82, 2.24) is 0 Å². The molecule has 96 valence electrons. The second-order valence-corrected chi connectivity index (χ2v) is 4.17. The van der Waals surface area contributed by atoms with Crippen LogP contribution >= 0.6 is 0 Å². The van der Waals surface area contributed by atoms with E-state index in [0.29, 0.717) is 13.2 Å². The lowest BCUT2D eigenvalue weighted by Crippen LogP contribution is -2.26. The molecule has 0 saturated carbocycles. The molecule has 0 heterocycles. The van der Waals surface area contributed by atoms with E-state index in [-0.39, 0.29) is 12.2 Å². The van der Waals surface area contributed by atoms with Gasteiger partial charge in [-0.3, -0.25) is 0 Å². The van der Waals surface area contributed by atoms with Gasteiger partial charge in [-0.2, -0.15) is 0 Å². The molecule has 0 radical (unpaired) electrons. The summed E-state index contributed by atoms with van der Waals surface area (Å²) in [5, 5.41) is 10.1. The van der Waals surface area contributed by atoms with Gasteiger partial charge in [-0.05, 0) is 26.3 Å². The Morgan fingerprint density at radius 2 is 1.82 bits per heavy atom. The molecule has 0 spiro atoms. The zero-order valence-electron chi connectivity index (χ0n) is 10.8. The zero-order valence-corrected chi connectivity index (χ0v) is 10.8. The van der Waals surface area contributed by atoms with Gasteiger partial charge >= 0.3 is 0 Å². The molecule has 0 amide bonds. The van der Waals surface area contributed by atoms with E-state index >= 15 is 0 Å². The Balaban J connectivity index is 2.44. The van der Waals surface area contributed by atoms with Crippen LogP contribution in [0.1, 0.15) is 32.4 Å². The average Bonchev–Trinajstić information content (AvgIpc) is 2.36. The average molecular weight is 238 g/mol. The number of ether oxygens (including phenoxy) is 2. The molecule has 0 bridgehead atoms. The summed E-state index contributed by atoms with van der Waals surface area (Å²) < 4.78 is 11.0. The molecule has 3 heteroatoms. The molecule has 0 saturated heterocycles. The first-order chi connectivity index (χ1) is 8.15. The van der Waals surface area contributed by atoms with Gasteiger partial charge in [0.1, 0.15) is 6.10 Å². The molecule has 0 aliphatic carbocycles. The van der Waals surface area contributed by atoms with Crippen LogP contribution in [0.3, 0.4) is 0 Å². The maximum atomic E-state index is 10.1. The first kappa shape index (κ1) is 14.2. The molecule has 0 aliphatic heterocycles. The molecule has 1 aromatic rings. The van der Waals surface area contributed by atoms with E-state index < -0.39 is 6.10 Å². The maximum Gasteiger partial charge on any atom is 0.105 e. The molecule has 17 heavy (non-hydrogen) atoms. The maximum absolute atomic E-state index is 10.1. The highest BCUT2D eigenvalue weighted by atomic mass is 16.5. The lowest BCUT2D eigenvalue weighted by Gasteiger charge is -2.23. The Hall–Kier alpha value is -0.900. The fraction of sp³-hybridized carbons (Fsp3) is 0.571. The number of rotatable bonds is 7. The van der Waals surface area contributed by atoms with Gasteiger partial charge in [-0.15, -0.1) is 0 Å². The number of aliphatic hydroxyl groups excluding tert-OH is 1. The van der Waals surface area contributed by atoms with Crippen molar-refractivity contribution in [2.24, 2.45) is 0 Å². The summed E-state index contributed by atoms with van der Waals surface area (Å²) in [7, 11) is 0. The first-order valence-corrected chi connectivity index (χ1v) is 6.11. The van der Waals surface area contributed by atoms with E-state index in [1.54, 1.807) is 0 Å². The fourth-order valence-corrected chi connectivity index (χ4v) is 1.69. The third-order valence-corrected chi connectivity index (χ3v) is 2.59. The molecule has 0 fully saturated rings. The number of aliphatic hydroxyl groups is 1. The highest BCUT2D eigenvalue weighted by Gasteiger charge is 2.19. The lowest BCUT2D eigenvalue weighted by atomic mass is 10.1. The van der Waals surface area contributed by atoms with Crippen LogP contribution in [-0.4, -0.2) is 30.5 Å². The molecular weight excluding hydrogens is 216 g/mol. The zero-order chi connectivity index (χ0) is 12.7. The molecule has 3 nitrogen and oxygen atoms in total. The third kappa shape index (κ3) is 4.86. The molecule has 3 unspecified atom stereocenters. The van der Waals surface area contributed by atoms with Gasteiger partial charge in [-0.25, -0.2) is 0 Å². The summed E-state index contributed by atoms with van der Waals surface area (Å²) in [6.45, 7) is 7.02. The van der Waals surface area contributed by atoms with Crippen LogP contribution in [0.25, 0.3) is 0 Å². The van der Waals surface area contributed by atoms with Crippen molar-refractivity contribution in [3.63, 3.8) is 0 Å². The largest absolute Gasteiger partial charge is 0.386 e. The van der Waals surface area contributed by atoms with E-state index in [1.165, 1.54) is 0 Å². The van der Waals surface area contributed by atoms with E-state index in [1.807, 2.05) is 51.1 Å². The molecule has 3 atom stereocenters. The second kappa shape index (κ2) is 7.43. The molecule has 0 aliphatic rings. The van der Waals surface area contributed by atoms with Crippen LogP contribution in [0.15, 0.2) is 30.3 Å². The second-order valence-electron chi connectivity index (χ2n) is 4.17. The molecule has 1 N–H and O–H groups in total. The van der Waals surface area contributed by atoms with E-state index in [9.17, 15) is 5.11 Å². The van der Waals surface area contributed by atoms with Gasteiger partial charge in [0.05, 0.1) is 18.8 Å². The predicted molar refractivity (Wildman–Crippen MR) is 67.9 cm³/mol. The minimum atomic E-state index is -0.597. The third-order valence-electron chi connectivity index (χ3n) is 2.59. The van der Waals surface area contributed by atoms with Crippen molar-refractivity contribution in [2.75, 3.05) is 13.2 Å². The Morgan fingerprint density at radius 3 is 2.41 bits per heavy atom. The van der Waals surface area contributed by atoms with E-state index in [0.717, 1.165) is 5.56 Å². The highest BCUT2D eigenvalue weighted by molar-refractivity contribution is 5.18. The Kier molecular flexibility index (Phi) is 6.19. The highest BCUT2D eigenvalue weighted by Crippen LogP contribution is 2.19. The smallest absolute Gasteiger partial charge is 0.105 e. The molecule has 0 aromatic heterocycles. The van der Waals surface area contributed by atoms with Crippen molar-refractivity contribution in [3.05, 3.63) is 35.9 Å². The van der Waals surface area contributed by atoms with Crippen LogP contribution in [0.4, 0.5) is 0 Å². The Labute approximate surface area is 103 Å². The van der Waals surface area contributed by atoms with Gasteiger partial charge in [0, 0.05) is 6.61 Å². The summed E-state index contributed by atoms with van der Waals surface area (Å²) in [6.07, 6.45) is -0.851. The van der Waals surface area contributed by atoms with Gasteiger partial charge in [0.2, 0.25) is 0 Å². The summed E-state index contributed by atoms with van der Waals surface area (Å²) in [5.74, 6) is 0. The Morgan fingerprint density at radius 1 is 1.18 bits per heavy atom. The topological polar surface area (TPSA) is 38.7 Å². The van der Waals surface area contributed by atoms with Crippen molar-refractivity contribution < 1.29 is 14.6 Å². The van der Waals surface area contributed by atoms with Gasteiger partial charge < -0.3 is 14.6 Å². The van der Waals surface area contributed by atoms with Crippen LogP contribution in [0, 0.1) is 0 Å². The predicted octanol–water partition coefficient (Wildman–Crippen LogP) is 2.55. The summed E-state index contributed by atoms with van der Waals surface area (Å²) in [5.41, 5.74) is 0.878. The van der Waals surface area contributed by atoms with Gasteiger partial charge in [0.15, 0.2) is 0 Å². The summed E-state index contributed by atoms with van der Waals surface area (Å²) >= 11 is 0.